The molecule has 0 aliphatic rings. The normalized spacial score (nSPS) is 12.4. The molecule has 1 N–H and O–H groups in total. The molecule has 1 aromatic rings. The molecule has 1 atom stereocenters. The highest BCUT2D eigenvalue weighted by molar-refractivity contribution is 6.02. The summed E-state index contributed by atoms with van der Waals surface area (Å²) >= 11 is 0. The lowest BCUT2D eigenvalue weighted by molar-refractivity contribution is -0.117. The average molecular weight is 298 g/mol. The highest BCUT2D eigenvalue weighted by Gasteiger charge is 2.14. The number of amides is 1. The van der Waals surface area contributed by atoms with Gasteiger partial charge in [-0.05, 0) is 44.9 Å². The van der Waals surface area contributed by atoms with Crippen LogP contribution in [-0.4, -0.2) is 16.5 Å². The zero-order chi connectivity index (χ0) is 16.7. The molecule has 0 saturated heterocycles. The predicted molar refractivity (Wildman–Crippen MR) is 85.6 cm³/mol. The fraction of sp³-hybridized carbons (Fsp3) is 0.471. The first-order valence-electron chi connectivity index (χ1n) is 7.40. The van der Waals surface area contributed by atoms with Gasteiger partial charge in [-0.2, -0.15) is 10.5 Å². The van der Waals surface area contributed by atoms with E-state index in [1.165, 1.54) is 0 Å². The summed E-state index contributed by atoms with van der Waals surface area (Å²) < 4.78 is 2.18. The number of aryl methyl sites for hydroxylation is 1. The summed E-state index contributed by atoms with van der Waals surface area (Å²) in [5, 5.41) is 20.5. The summed E-state index contributed by atoms with van der Waals surface area (Å²) in [4.78, 5) is 12.1. The Morgan fingerprint density at radius 1 is 1.45 bits per heavy atom. The molecule has 1 amide bonds. The van der Waals surface area contributed by atoms with Crippen molar-refractivity contribution in [3.8, 4) is 12.1 Å². The Bertz CT molecular complexity index is 655. The molecule has 22 heavy (non-hydrogen) atoms. The lowest BCUT2D eigenvalue weighted by Gasteiger charge is -2.09. The van der Waals surface area contributed by atoms with Crippen molar-refractivity contribution in [2.24, 2.45) is 0 Å². The van der Waals surface area contributed by atoms with E-state index in [1.54, 1.807) is 13.0 Å². The molecule has 0 saturated carbocycles. The number of rotatable bonds is 6. The van der Waals surface area contributed by atoms with Gasteiger partial charge >= 0.3 is 0 Å². The van der Waals surface area contributed by atoms with Crippen molar-refractivity contribution in [3.63, 3.8) is 0 Å². The van der Waals surface area contributed by atoms with Crippen molar-refractivity contribution in [1.82, 2.24) is 9.88 Å². The van der Waals surface area contributed by atoms with Gasteiger partial charge in [0.15, 0.2) is 0 Å². The lowest BCUT2D eigenvalue weighted by Crippen LogP contribution is -2.33. The largest absolute Gasteiger partial charge is 0.349 e. The average Bonchev–Trinajstić information content (AvgIpc) is 2.72. The van der Waals surface area contributed by atoms with E-state index >= 15 is 0 Å². The van der Waals surface area contributed by atoms with Crippen LogP contribution in [0.2, 0.25) is 0 Å². The maximum atomic E-state index is 12.1. The molecule has 116 valence electrons. The van der Waals surface area contributed by atoms with Gasteiger partial charge in [-0.3, -0.25) is 4.79 Å². The second kappa shape index (κ2) is 8.05. The minimum atomic E-state index is -0.439. The van der Waals surface area contributed by atoms with Gasteiger partial charge in [0.25, 0.3) is 5.91 Å². The van der Waals surface area contributed by atoms with E-state index < -0.39 is 5.91 Å². The number of nitriles is 2. The van der Waals surface area contributed by atoms with Crippen molar-refractivity contribution in [2.75, 3.05) is 0 Å². The molecule has 0 aromatic carbocycles. The Morgan fingerprint density at radius 2 is 2.14 bits per heavy atom. The number of carbonyl (C=O) groups excluding carboxylic acids is 1. The van der Waals surface area contributed by atoms with E-state index in [1.807, 2.05) is 32.1 Å². The van der Waals surface area contributed by atoms with Gasteiger partial charge in [0, 0.05) is 24.0 Å². The van der Waals surface area contributed by atoms with Crippen molar-refractivity contribution < 1.29 is 4.79 Å². The summed E-state index contributed by atoms with van der Waals surface area (Å²) in [6, 6.07) is 5.64. The third kappa shape index (κ3) is 4.23. The van der Waals surface area contributed by atoms with Gasteiger partial charge in [-0.25, -0.2) is 0 Å². The van der Waals surface area contributed by atoms with E-state index in [2.05, 4.69) is 16.8 Å². The number of hydrogen-bond donors (Lipinski definition) is 1. The number of nitrogens with zero attached hydrogens (tertiary/aromatic N) is 3. The van der Waals surface area contributed by atoms with E-state index in [0.29, 0.717) is 0 Å². The SMILES string of the molecule is CCCn1c(C)cc(/C=C(/C#N)C(=O)N[C@H](C)CC#N)c1C. The molecule has 0 spiro atoms. The molecule has 1 heterocycles. The summed E-state index contributed by atoms with van der Waals surface area (Å²) in [6.07, 6.45) is 2.86. The van der Waals surface area contributed by atoms with Gasteiger partial charge in [0.05, 0.1) is 12.5 Å². The minimum absolute atomic E-state index is 0.0570. The molecule has 0 aliphatic heterocycles. The second-order valence-electron chi connectivity index (χ2n) is 5.38. The van der Waals surface area contributed by atoms with Crippen LogP contribution in [0.3, 0.4) is 0 Å². The zero-order valence-corrected chi connectivity index (χ0v) is 13.6. The van der Waals surface area contributed by atoms with E-state index in [0.717, 1.165) is 29.9 Å². The molecule has 5 nitrogen and oxygen atoms in total. The predicted octanol–water partition coefficient (Wildman–Crippen LogP) is 2.84. The summed E-state index contributed by atoms with van der Waals surface area (Å²) in [6.45, 7) is 8.77. The van der Waals surface area contributed by atoms with Crippen LogP contribution in [-0.2, 0) is 11.3 Å². The maximum absolute atomic E-state index is 12.1. The Balaban J connectivity index is 3.03. The van der Waals surface area contributed by atoms with Gasteiger partial charge in [0.2, 0.25) is 0 Å². The zero-order valence-electron chi connectivity index (χ0n) is 13.6. The van der Waals surface area contributed by atoms with E-state index in [-0.39, 0.29) is 18.0 Å². The number of hydrogen-bond acceptors (Lipinski definition) is 3. The number of carbonyl (C=O) groups is 1. The molecular weight excluding hydrogens is 276 g/mol. The first-order valence-corrected chi connectivity index (χ1v) is 7.40. The topological polar surface area (TPSA) is 81.6 Å². The van der Waals surface area contributed by atoms with Gasteiger partial charge in [-0.1, -0.05) is 6.92 Å². The van der Waals surface area contributed by atoms with Crippen LogP contribution in [0.4, 0.5) is 0 Å². The third-order valence-corrected chi connectivity index (χ3v) is 3.50. The molecule has 0 unspecified atom stereocenters. The van der Waals surface area contributed by atoms with Crippen LogP contribution in [0.1, 0.15) is 43.6 Å². The smallest absolute Gasteiger partial charge is 0.262 e. The molecule has 1 rings (SSSR count). The minimum Gasteiger partial charge on any atom is -0.349 e. The molecule has 0 aliphatic carbocycles. The van der Waals surface area contributed by atoms with Crippen molar-refractivity contribution in [3.05, 3.63) is 28.6 Å². The van der Waals surface area contributed by atoms with Crippen LogP contribution in [0, 0.1) is 36.5 Å². The Hall–Kier alpha value is -2.53. The number of aromatic nitrogens is 1. The van der Waals surface area contributed by atoms with Gasteiger partial charge < -0.3 is 9.88 Å². The molecule has 0 fully saturated rings. The van der Waals surface area contributed by atoms with Crippen LogP contribution in [0.25, 0.3) is 6.08 Å². The van der Waals surface area contributed by atoms with E-state index in [4.69, 9.17) is 5.26 Å². The Morgan fingerprint density at radius 3 is 2.68 bits per heavy atom. The fourth-order valence-corrected chi connectivity index (χ4v) is 2.34. The summed E-state index contributed by atoms with van der Waals surface area (Å²) in [5.41, 5.74) is 3.10. The third-order valence-electron chi connectivity index (χ3n) is 3.50. The monoisotopic (exact) mass is 298 g/mol. The highest BCUT2D eigenvalue weighted by atomic mass is 16.1. The van der Waals surface area contributed by atoms with Gasteiger partial charge in [-0.15, -0.1) is 0 Å². The van der Waals surface area contributed by atoms with Crippen LogP contribution < -0.4 is 5.32 Å². The molecule has 0 radical (unpaired) electrons. The van der Waals surface area contributed by atoms with Gasteiger partial charge in [0.1, 0.15) is 11.6 Å². The maximum Gasteiger partial charge on any atom is 0.262 e. The molecule has 1 aromatic heterocycles. The summed E-state index contributed by atoms with van der Waals surface area (Å²) in [5.74, 6) is -0.439. The van der Waals surface area contributed by atoms with Crippen LogP contribution in [0.15, 0.2) is 11.6 Å². The first kappa shape index (κ1) is 17.5. The second-order valence-corrected chi connectivity index (χ2v) is 5.38. The van der Waals surface area contributed by atoms with Crippen LogP contribution in [0.5, 0.6) is 0 Å². The Labute approximate surface area is 131 Å². The van der Waals surface area contributed by atoms with Crippen molar-refractivity contribution in [1.29, 1.82) is 10.5 Å². The van der Waals surface area contributed by atoms with E-state index in [9.17, 15) is 10.1 Å². The quantitative estimate of drug-likeness (QED) is 0.647. The Kier molecular flexibility index (Phi) is 6.41. The lowest BCUT2D eigenvalue weighted by atomic mass is 10.1. The highest BCUT2D eigenvalue weighted by Crippen LogP contribution is 2.18. The van der Waals surface area contributed by atoms with Crippen molar-refractivity contribution in [2.45, 2.75) is 53.1 Å². The van der Waals surface area contributed by atoms with Crippen LogP contribution >= 0.6 is 0 Å². The molecule has 5 heteroatoms. The first-order chi connectivity index (χ1) is 10.4. The molecule has 0 bridgehead atoms. The summed E-state index contributed by atoms with van der Waals surface area (Å²) in [7, 11) is 0. The fourth-order valence-electron chi connectivity index (χ4n) is 2.34. The van der Waals surface area contributed by atoms with Crippen molar-refractivity contribution >= 4 is 12.0 Å². The standard InChI is InChI=1S/C17H22N4O/c1-5-8-21-13(3)9-15(14(21)4)10-16(11-19)17(22)20-12(2)6-7-18/h9-10,12H,5-6,8H2,1-4H3,(H,20,22)/b16-10-/t12-/m1/s1. The molecular formula is C17H22N4O. The number of nitrogens with one attached hydrogen (secondary N) is 1.